The van der Waals surface area contributed by atoms with Gasteiger partial charge in [0.1, 0.15) is 53.2 Å². The summed E-state index contributed by atoms with van der Waals surface area (Å²) < 4.78 is 0. The fraction of sp³-hybridized carbons (Fsp3) is 0.0877. The molecule has 0 saturated heterocycles. The Labute approximate surface area is 411 Å². The first kappa shape index (κ1) is 48.1. The maximum absolute atomic E-state index is 7.25. The molecule has 10 rings (SSSR count). The van der Waals surface area contributed by atoms with Gasteiger partial charge >= 0.3 is 44.8 Å². The van der Waals surface area contributed by atoms with E-state index in [0.29, 0.717) is 0 Å². The third-order valence-corrected chi connectivity index (χ3v) is 26.4. The number of hydrogen-bond donors (Lipinski definition) is 0. The normalized spacial score (nSPS) is 12.8. The standard InChI is InChI=1S/C25H22P2.2C16H13Si.2Ag/c1-5-13-22(14-6-1)26(23-15-7-2-8-16-23)21-27(24-17-9-3-10-18-24)25-19-11-4-12-20-25;2*1-4-12-9-10-16-14(11-12)13-7-5-6-8-15(13)17(16,2)3;;/h1-20H,21H2;2*5-11H,2-3H3;;/q;2*-1;2*+1/p+2. The molecule has 0 N–H and O–H groups in total. The van der Waals surface area contributed by atoms with Crippen molar-refractivity contribution in [1.82, 2.24) is 0 Å². The van der Waals surface area contributed by atoms with Crippen molar-refractivity contribution in [3.05, 3.63) is 230 Å². The van der Waals surface area contributed by atoms with Crippen molar-refractivity contribution in [2.75, 3.05) is 5.90 Å². The van der Waals surface area contributed by atoms with Crippen LogP contribution in [0.3, 0.4) is 0 Å². The van der Waals surface area contributed by atoms with Crippen LogP contribution in [0.2, 0.25) is 26.2 Å². The van der Waals surface area contributed by atoms with Gasteiger partial charge in [-0.3, -0.25) is 11.8 Å². The fourth-order valence-electron chi connectivity index (χ4n) is 9.07. The van der Waals surface area contributed by atoms with E-state index in [0.717, 1.165) is 11.1 Å². The molecule has 6 heteroatoms. The molecule has 0 saturated carbocycles. The molecule has 2 aliphatic rings. The van der Waals surface area contributed by atoms with Gasteiger partial charge in [-0.15, -0.1) is 35.4 Å². The predicted octanol–water partition coefficient (Wildman–Crippen LogP) is 9.52. The van der Waals surface area contributed by atoms with Gasteiger partial charge in [0.25, 0.3) is 0 Å². The molecule has 0 unspecified atom stereocenters. The van der Waals surface area contributed by atoms with E-state index in [1.54, 1.807) is 0 Å². The van der Waals surface area contributed by atoms with Gasteiger partial charge in [0.05, 0.1) is 0 Å². The van der Waals surface area contributed by atoms with Gasteiger partial charge in [0.2, 0.25) is 0 Å². The third-order valence-electron chi connectivity index (χ3n) is 12.3. The van der Waals surface area contributed by atoms with E-state index in [9.17, 15) is 0 Å². The Hall–Kier alpha value is -4.35. The van der Waals surface area contributed by atoms with Crippen molar-refractivity contribution in [3.8, 4) is 34.1 Å². The number of benzene rings is 8. The first-order chi connectivity index (χ1) is 29.7. The summed E-state index contributed by atoms with van der Waals surface area (Å²) >= 11 is 0. The molecular weight excluding hydrogens is 1020 g/mol. The summed E-state index contributed by atoms with van der Waals surface area (Å²) in [6.07, 6.45) is 14.5. The number of fused-ring (bicyclic) bond motifs is 6. The van der Waals surface area contributed by atoms with E-state index >= 15 is 0 Å². The summed E-state index contributed by atoms with van der Waals surface area (Å²) in [5.74, 6) is 6.21. The molecule has 8 aromatic carbocycles. The predicted molar refractivity (Wildman–Crippen MR) is 276 cm³/mol. The van der Waals surface area contributed by atoms with Gasteiger partial charge in [-0.2, -0.15) is 0 Å². The van der Waals surface area contributed by atoms with Crippen LogP contribution in [0.4, 0.5) is 0 Å². The van der Waals surface area contributed by atoms with Gasteiger partial charge < -0.3 is 12.8 Å². The van der Waals surface area contributed by atoms with E-state index in [2.05, 4.69) is 232 Å². The molecule has 0 fully saturated rings. The monoisotopic (exact) mass is 1070 g/mol. The summed E-state index contributed by atoms with van der Waals surface area (Å²) in [5, 5.41) is 12.0. The van der Waals surface area contributed by atoms with Crippen molar-refractivity contribution < 1.29 is 44.8 Å². The molecule has 0 aliphatic carbocycles. The Kier molecular flexibility index (Phi) is 16.5. The van der Waals surface area contributed by atoms with Crippen LogP contribution in [0.15, 0.2) is 206 Å². The van der Waals surface area contributed by atoms with E-state index < -0.39 is 32.0 Å². The van der Waals surface area contributed by atoms with Gasteiger partial charge in [-0.25, -0.2) is 0 Å². The number of hydrogen-bond acceptors (Lipinski definition) is 0. The van der Waals surface area contributed by atoms with Crippen LogP contribution in [0.25, 0.3) is 22.3 Å². The first-order valence-corrected chi connectivity index (χ1v) is 30.4. The Bertz CT molecular complexity index is 2590. The molecule has 0 atom stereocenters. The molecule has 316 valence electrons. The maximum atomic E-state index is 7.25. The second-order valence-corrected chi connectivity index (χ2v) is 31.0. The van der Waals surface area contributed by atoms with Crippen molar-refractivity contribution in [2.24, 2.45) is 0 Å². The topological polar surface area (TPSA) is 0 Å². The summed E-state index contributed by atoms with van der Waals surface area (Å²) in [6, 6.07) is 74.4. The molecule has 0 aromatic heterocycles. The van der Waals surface area contributed by atoms with Crippen LogP contribution in [0.5, 0.6) is 0 Å². The SMILES string of the molecule is [Ag+].[Ag+].[C-]#Cc1ccc2c(c1)-c1ccccc1[Si]2(C)C.[C-]#Cc1ccc2c(c1)-c1ccccc1[Si]2(C)C.c1ccc([PH+](C[PH+](c2ccccc2)c2ccccc2)c2ccccc2)cc1. The van der Waals surface area contributed by atoms with Crippen LogP contribution in [0, 0.1) is 24.7 Å². The van der Waals surface area contributed by atoms with Crippen LogP contribution >= 0.6 is 15.8 Å². The van der Waals surface area contributed by atoms with Crippen molar-refractivity contribution in [2.45, 2.75) is 26.2 Å². The van der Waals surface area contributed by atoms with Crippen LogP contribution < -0.4 is 42.0 Å². The molecule has 2 heterocycles. The second kappa shape index (κ2) is 21.6. The second-order valence-electron chi connectivity index (χ2n) is 16.7. The summed E-state index contributed by atoms with van der Waals surface area (Å²) in [5.41, 5.74) is 7.08. The molecule has 63 heavy (non-hydrogen) atoms. The zero-order chi connectivity index (χ0) is 42.4. The molecule has 8 aromatic rings. The van der Waals surface area contributed by atoms with Gasteiger partial charge in [-0.1, -0.05) is 160 Å². The summed E-state index contributed by atoms with van der Waals surface area (Å²) in [7, 11) is -4.71. The van der Waals surface area contributed by atoms with E-state index in [-0.39, 0.29) is 44.8 Å². The van der Waals surface area contributed by atoms with Crippen molar-refractivity contribution >= 4 is 74.0 Å². The van der Waals surface area contributed by atoms with Crippen LogP contribution in [-0.4, -0.2) is 22.1 Å². The third kappa shape index (κ3) is 10.3. The molecule has 0 nitrogen and oxygen atoms in total. The molecular formula is C57H50Ag2P2Si2+2. The largest absolute Gasteiger partial charge is 1.00 e. The van der Waals surface area contributed by atoms with Crippen molar-refractivity contribution in [3.63, 3.8) is 0 Å². The Morgan fingerprint density at radius 2 is 0.619 bits per heavy atom. The minimum absolute atomic E-state index is 0. The average molecular weight is 1070 g/mol. The maximum Gasteiger partial charge on any atom is 1.00 e. The van der Waals surface area contributed by atoms with Gasteiger partial charge in [0.15, 0.2) is 5.90 Å². The first-order valence-electron chi connectivity index (χ1n) is 21.0. The molecule has 0 amide bonds. The zero-order valence-corrected chi connectivity index (χ0v) is 42.9. The van der Waals surface area contributed by atoms with E-state index in [1.165, 1.54) is 70.1 Å². The minimum atomic E-state index is -1.51. The van der Waals surface area contributed by atoms with Gasteiger partial charge in [-0.05, 0) is 91.5 Å². The summed E-state index contributed by atoms with van der Waals surface area (Å²) in [4.78, 5) is 0. The average Bonchev–Trinajstić information content (AvgIpc) is 3.69. The molecule has 0 radical (unpaired) electrons. The van der Waals surface area contributed by atoms with Gasteiger partial charge in [0, 0.05) is 0 Å². The van der Waals surface area contributed by atoms with Crippen molar-refractivity contribution in [1.29, 1.82) is 0 Å². The van der Waals surface area contributed by atoms with Crippen LogP contribution in [-0.2, 0) is 44.8 Å². The minimum Gasteiger partial charge on any atom is -0.366 e. The number of rotatable bonds is 6. The van der Waals surface area contributed by atoms with E-state index in [4.69, 9.17) is 12.8 Å². The quantitative estimate of drug-likeness (QED) is 0.0675. The smallest absolute Gasteiger partial charge is 0.366 e. The molecule has 0 bridgehead atoms. The Balaban J connectivity index is 0.000000161. The molecule has 2 aliphatic heterocycles. The Morgan fingerprint density at radius 1 is 0.349 bits per heavy atom. The fourth-order valence-corrected chi connectivity index (χ4v) is 22.9. The Morgan fingerprint density at radius 3 is 0.921 bits per heavy atom. The molecule has 0 spiro atoms. The summed E-state index contributed by atoms with van der Waals surface area (Å²) in [6.45, 7) is 9.58. The zero-order valence-electron chi connectivity index (χ0n) is 35.9. The van der Waals surface area contributed by atoms with E-state index in [1.807, 2.05) is 12.1 Å². The van der Waals surface area contributed by atoms with Crippen LogP contribution in [0.1, 0.15) is 11.1 Å².